The fourth-order valence-electron chi connectivity index (χ4n) is 3.29. The second-order valence-electron chi connectivity index (χ2n) is 6.98. The molecule has 0 aromatic rings. The number of hydrogen-bond acceptors (Lipinski definition) is 3. The predicted octanol–water partition coefficient (Wildman–Crippen LogP) is 2.10. The van der Waals surface area contributed by atoms with Gasteiger partial charge in [0.1, 0.15) is 0 Å². The lowest BCUT2D eigenvalue weighted by Crippen LogP contribution is -2.42. The summed E-state index contributed by atoms with van der Waals surface area (Å²) in [4.78, 5) is 26.3. The van der Waals surface area contributed by atoms with Gasteiger partial charge in [0.15, 0.2) is 0 Å². The number of aliphatic hydroxyl groups excluding tert-OH is 1. The summed E-state index contributed by atoms with van der Waals surface area (Å²) in [5, 5.41) is 9.32. The Morgan fingerprint density at radius 3 is 2.26 bits per heavy atom. The van der Waals surface area contributed by atoms with Crippen LogP contribution in [-0.4, -0.2) is 35.0 Å². The number of nitrogens with zero attached hydrogens (tertiary/aromatic N) is 1. The minimum atomic E-state index is -0.418. The van der Waals surface area contributed by atoms with Crippen LogP contribution >= 0.6 is 0 Å². The molecule has 4 heteroatoms. The molecule has 2 fully saturated rings. The Bertz CT molecular complexity index is 368. The third-order valence-electron chi connectivity index (χ3n) is 4.56. The van der Waals surface area contributed by atoms with Gasteiger partial charge >= 0.3 is 0 Å². The molecule has 1 spiro atoms. The maximum atomic E-state index is 12.7. The highest BCUT2D eigenvalue weighted by Crippen LogP contribution is 2.44. The molecule has 1 heterocycles. The van der Waals surface area contributed by atoms with Crippen molar-refractivity contribution < 1.29 is 14.7 Å². The Morgan fingerprint density at radius 1 is 1.16 bits per heavy atom. The van der Waals surface area contributed by atoms with Gasteiger partial charge in [-0.05, 0) is 12.8 Å². The molecule has 1 aliphatic carbocycles. The van der Waals surface area contributed by atoms with Crippen LogP contribution in [0, 0.1) is 10.8 Å². The van der Waals surface area contributed by atoms with Gasteiger partial charge in [0.2, 0.25) is 11.8 Å². The smallest absolute Gasteiger partial charge is 0.235 e. The van der Waals surface area contributed by atoms with E-state index in [1.165, 1.54) is 17.7 Å². The molecule has 0 aromatic heterocycles. The maximum Gasteiger partial charge on any atom is 0.235 e. The molecule has 0 aromatic carbocycles. The molecule has 0 bridgehead atoms. The van der Waals surface area contributed by atoms with Gasteiger partial charge in [0.05, 0.1) is 5.41 Å². The molecule has 4 nitrogen and oxygen atoms in total. The first-order chi connectivity index (χ1) is 8.90. The lowest BCUT2D eigenvalue weighted by Gasteiger charge is -2.29. The van der Waals surface area contributed by atoms with Crippen molar-refractivity contribution in [3.63, 3.8) is 0 Å². The van der Waals surface area contributed by atoms with Gasteiger partial charge in [0.25, 0.3) is 0 Å². The fourth-order valence-corrected chi connectivity index (χ4v) is 3.29. The number of carbonyl (C=O) groups is 2. The van der Waals surface area contributed by atoms with E-state index in [4.69, 9.17) is 0 Å². The van der Waals surface area contributed by atoms with Gasteiger partial charge in [-0.3, -0.25) is 14.5 Å². The van der Waals surface area contributed by atoms with Crippen LogP contribution in [0.2, 0.25) is 0 Å². The van der Waals surface area contributed by atoms with E-state index in [1.807, 2.05) is 13.8 Å². The lowest BCUT2D eigenvalue weighted by atomic mass is 9.79. The highest BCUT2D eigenvalue weighted by Gasteiger charge is 2.51. The first-order valence-electron chi connectivity index (χ1n) is 7.36. The third-order valence-corrected chi connectivity index (χ3v) is 4.56. The predicted molar refractivity (Wildman–Crippen MR) is 72.3 cm³/mol. The van der Waals surface area contributed by atoms with Crippen molar-refractivity contribution in [1.29, 1.82) is 0 Å². The Hall–Kier alpha value is -0.900. The van der Waals surface area contributed by atoms with Crippen molar-refractivity contribution in [3.8, 4) is 0 Å². The standard InChI is InChI=1S/C15H25NO3/c1-14(2,11-17)10-16-12(18)9-15(13(16)19)7-5-3-4-6-8-15/h17H,3-11H2,1-2H3. The number of hydrogen-bond donors (Lipinski definition) is 1. The molecular formula is C15H25NO3. The first-order valence-corrected chi connectivity index (χ1v) is 7.36. The summed E-state index contributed by atoms with van der Waals surface area (Å²) in [5.41, 5.74) is -0.833. The van der Waals surface area contributed by atoms with E-state index in [0.29, 0.717) is 13.0 Å². The molecule has 0 radical (unpaired) electrons. The molecule has 1 aliphatic heterocycles. The molecule has 2 rings (SSSR count). The van der Waals surface area contributed by atoms with Crippen LogP contribution in [0.4, 0.5) is 0 Å². The molecule has 1 saturated heterocycles. The molecule has 1 saturated carbocycles. The topological polar surface area (TPSA) is 57.6 Å². The van der Waals surface area contributed by atoms with Crippen LogP contribution in [0.15, 0.2) is 0 Å². The lowest BCUT2D eigenvalue weighted by molar-refractivity contribution is -0.143. The van der Waals surface area contributed by atoms with Crippen molar-refractivity contribution in [2.24, 2.45) is 10.8 Å². The number of rotatable bonds is 3. The average molecular weight is 267 g/mol. The van der Waals surface area contributed by atoms with Crippen molar-refractivity contribution in [3.05, 3.63) is 0 Å². The molecule has 2 aliphatic rings. The van der Waals surface area contributed by atoms with E-state index in [1.54, 1.807) is 0 Å². The molecule has 19 heavy (non-hydrogen) atoms. The van der Waals surface area contributed by atoms with Gasteiger partial charge in [-0.2, -0.15) is 0 Å². The average Bonchev–Trinajstić information content (AvgIpc) is 2.56. The van der Waals surface area contributed by atoms with E-state index in [0.717, 1.165) is 25.7 Å². The summed E-state index contributed by atoms with van der Waals surface area (Å²) in [6, 6.07) is 0. The molecule has 0 unspecified atom stereocenters. The van der Waals surface area contributed by atoms with Crippen LogP contribution in [0.25, 0.3) is 0 Å². The number of carbonyl (C=O) groups excluding carboxylic acids is 2. The molecule has 0 atom stereocenters. The zero-order valence-electron chi connectivity index (χ0n) is 12.1. The Balaban J connectivity index is 2.15. The number of imide groups is 1. The second kappa shape index (κ2) is 5.23. The number of likely N-dealkylation sites (tertiary alicyclic amines) is 1. The van der Waals surface area contributed by atoms with Crippen molar-refractivity contribution in [2.75, 3.05) is 13.2 Å². The Kier molecular flexibility index (Phi) is 4.00. The fraction of sp³-hybridized carbons (Fsp3) is 0.867. The van der Waals surface area contributed by atoms with E-state index < -0.39 is 10.8 Å². The SMILES string of the molecule is CC(C)(CO)CN1C(=O)CC2(CCCCCC2)C1=O. The highest BCUT2D eigenvalue weighted by atomic mass is 16.3. The Morgan fingerprint density at radius 2 is 1.74 bits per heavy atom. The van der Waals surface area contributed by atoms with Gasteiger partial charge < -0.3 is 5.11 Å². The van der Waals surface area contributed by atoms with Gasteiger partial charge in [-0.1, -0.05) is 39.5 Å². The van der Waals surface area contributed by atoms with E-state index in [9.17, 15) is 14.7 Å². The Labute approximate surface area is 115 Å². The molecule has 1 N–H and O–H groups in total. The minimum Gasteiger partial charge on any atom is -0.396 e. The van der Waals surface area contributed by atoms with Gasteiger partial charge in [-0.15, -0.1) is 0 Å². The summed E-state index contributed by atoms with van der Waals surface area (Å²) < 4.78 is 0. The first kappa shape index (κ1) is 14.5. The van der Waals surface area contributed by atoms with Crippen LogP contribution in [0.1, 0.15) is 58.8 Å². The van der Waals surface area contributed by atoms with Crippen molar-refractivity contribution >= 4 is 11.8 Å². The third kappa shape index (κ3) is 2.83. The van der Waals surface area contributed by atoms with Crippen LogP contribution < -0.4 is 0 Å². The quantitative estimate of drug-likeness (QED) is 0.797. The van der Waals surface area contributed by atoms with Crippen LogP contribution in [0.5, 0.6) is 0 Å². The van der Waals surface area contributed by atoms with Crippen LogP contribution in [0.3, 0.4) is 0 Å². The normalized spacial score (nSPS) is 24.1. The summed E-state index contributed by atoms with van der Waals surface area (Å²) >= 11 is 0. The zero-order chi connectivity index (χ0) is 14.1. The highest BCUT2D eigenvalue weighted by molar-refractivity contribution is 6.05. The molecule has 2 amide bonds. The number of amides is 2. The van der Waals surface area contributed by atoms with E-state index in [2.05, 4.69) is 0 Å². The maximum absolute atomic E-state index is 12.7. The van der Waals surface area contributed by atoms with E-state index in [-0.39, 0.29) is 18.4 Å². The summed E-state index contributed by atoms with van der Waals surface area (Å²) in [5.74, 6) is -0.0330. The summed E-state index contributed by atoms with van der Waals surface area (Å²) in [7, 11) is 0. The largest absolute Gasteiger partial charge is 0.396 e. The zero-order valence-corrected chi connectivity index (χ0v) is 12.1. The molecule has 108 valence electrons. The monoisotopic (exact) mass is 267 g/mol. The van der Waals surface area contributed by atoms with E-state index >= 15 is 0 Å². The minimum absolute atomic E-state index is 0.0147. The van der Waals surface area contributed by atoms with Gasteiger partial charge in [0, 0.05) is 25.0 Å². The van der Waals surface area contributed by atoms with Gasteiger partial charge in [-0.25, -0.2) is 0 Å². The van der Waals surface area contributed by atoms with Crippen LogP contribution in [-0.2, 0) is 9.59 Å². The molecular weight excluding hydrogens is 242 g/mol. The summed E-state index contributed by atoms with van der Waals surface area (Å²) in [6.07, 6.45) is 6.54. The summed E-state index contributed by atoms with van der Waals surface area (Å²) in [6.45, 7) is 4.08. The van der Waals surface area contributed by atoms with Crippen molar-refractivity contribution in [2.45, 2.75) is 58.8 Å². The second-order valence-corrected chi connectivity index (χ2v) is 6.98. The van der Waals surface area contributed by atoms with Crippen molar-refractivity contribution in [1.82, 2.24) is 4.90 Å². The number of aliphatic hydroxyl groups is 1.